The zero-order valence-corrected chi connectivity index (χ0v) is 24.9. The van der Waals surface area contributed by atoms with Gasteiger partial charge in [-0.15, -0.1) is 0 Å². The minimum atomic E-state index is -3.59. The molecule has 0 N–H and O–H groups in total. The Morgan fingerprint density at radius 1 is 1.11 bits per heavy atom. The molecule has 9 atom stereocenters. The summed E-state index contributed by atoms with van der Waals surface area (Å²) in [6.45, 7) is 18.1. The lowest BCUT2D eigenvalue weighted by atomic mass is 9.47. The minimum Gasteiger partial charge on any atom is -0.413 e. The van der Waals surface area contributed by atoms with E-state index < -0.39 is 7.82 Å². The molecule has 0 bridgehead atoms. The van der Waals surface area contributed by atoms with E-state index in [9.17, 15) is 4.57 Å². The fraction of sp³-hybridized carbons (Fsp3) is 0.871. The van der Waals surface area contributed by atoms with Crippen molar-refractivity contribution in [3.63, 3.8) is 0 Å². The second-order valence-corrected chi connectivity index (χ2v) is 15.0. The number of phosphoric acid groups is 1. The van der Waals surface area contributed by atoms with Crippen molar-refractivity contribution in [2.45, 2.75) is 118 Å². The first-order chi connectivity index (χ1) is 17.1. The van der Waals surface area contributed by atoms with Gasteiger partial charge >= 0.3 is 7.82 Å². The van der Waals surface area contributed by atoms with E-state index in [2.05, 4.69) is 47.3 Å². The number of phosphoric ester groups is 1. The molecule has 4 aliphatic carbocycles. The molecule has 36 heavy (non-hydrogen) atoms. The van der Waals surface area contributed by atoms with Gasteiger partial charge in [0.1, 0.15) is 0 Å². The molecule has 4 aliphatic rings. The number of allylic oxidation sites excluding steroid dienone is 1. The number of hydrogen-bond donors (Lipinski definition) is 0. The van der Waals surface area contributed by atoms with Gasteiger partial charge in [0.2, 0.25) is 0 Å². The first kappa shape index (κ1) is 28.4. The zero-order valence-electron chi connectivity index (χ0n) is 24.0. The maximum Gasteiger partial charge on any atom is 0.529 e. The van der Waals surface area contributed by atoms with E-state index in [1.807, 2.05) is 0 Å². The molecule has 4 rings (SSSR count). The Labute approximate surface area is 221 Å². The van der Waals surface area contributed by atoms with Crippen molar-refractivity contribution in [2.24, 2.45) is 46.3 Å². The number of rotatable bonds is 11. The highest BCUT2D eigenvalue weighted by molar-refractivity contribution is 7.48. The Balaban J connectivity index is 1.44. The molecule has 0 aliphatic heterocycles. The van der Waals surface area contributed by atoms with E-state index in [4.69, 9.17) is 13.6 Å². The fourth-order valence-corrected chi connectivity index (χ4v) is 10.5. The van der Waals surface area contributed by atoms with Crippen molar-refractivity contribution in [1.82, 2.24) is 0 Å². The average molecular weight is 521 g/mol. The third kappa shape index (κ3) is 5.43. The molecule has 4 nitrogen and oxygen atoms in total. The number of fused-ring (bicyclic) bond motifs is 5. The van der Waals surface area contributed by atoms with Crippen LogP contribution in [0.15, 0.2) is 24.5 Å². The van der Waals surface area contributed by atoms with Crippen LogP contribution < -0.4 is 0 Å². The number of hydrogen-bond acceptors (Lipinski definition) is 4. The highest BCUT2D eigenvalue weighted by atomic mass is 31.2. The summed E-state index contributed by atoms with van der Waals surface area (Å²) >= 11 is 0. The van der Waals surface area contributed by atoms with Crippen molar-refractivity contribution in [2.75, 3.05) is 6.61 Å². The third-order valence-electron chi connectivity index (χ3n) is 11.0. The van der Waals surface area contributed by atoms with Gasteiger partial charge in [0.15, 0.2) is 0 Å². The summed E-state index contributed by atoms with van der Waals surface area (Å²) in [6, 6.07) is 0. The van der Waals surface area contributed by atoms with Gasteiger partial charge in [0, 0.05) is 0 Å². The Kier molecular flexibility index (Phi) is 8.90. The predicted molar refractivity (Wildman–Crippen MR) is 148 cm³/mol. The first-order valence-corrected chi connectivity index (χ1v) is 16.4. The van der Waals surface area contributed by atoms with Crippen molar-refractivity contribution in [3.8, 4) is 0 Å². The van der Waals surface area contributed by atoms with Crippen LogP contribution in [0, 0.1) is 46.3 Å². The highest BCUT2D eigenvalue weighted by Crippen LogP contribution is 2.68. The molecular weight excluding hydrogens is 467 g/mol. The molecule has 0 radical (unpaired) electrons. The smallest absolute Gasteiger partial charge is 0.413 e. The van der Waals surface area contributed by atoms with Gasteiger partial charge in [0.25, 0.3) is 0 Å². The Morgan fingerprint density at radius 3 is 2.58 bits per heavy atom. The summed E-state index contributed by atoms with van der Waals surface area (Å²) in [7, 11) is -3.59. The molecule has 2 unspecified atom stereocenters. The van der Waals surface area contributed by atoms with Gasteiger partial charge in [-0.2, -0.15) is 0 Å². The SMILES string of the molecule is C=COP(=O)(OCC)OC1CC[C@@]2(C)C(=CC[C@H]3[C@@H]4CC[C@H]([C@H](C)CCCC(C)C)[C@@]4(C)CC[C@@H]32)C1. The van der Waals surface area contributed by atoms with Crippen molar-refractivity contribution < 1.29 is 18.1 Å². The van der Waals surface area contributed by atoms with Gasteiger partial charge in [-0.05, 0) is 105 Å². The molecule has 0 aromatic carbocycles. The lowest BCUT2D eigenvalue weighted by molar-refractivity contribution is -0.0574. The van der Waals surface area contributed by atoms with E-state index in [1.165, 1.54) is 63.2 Å². The van der Waals surface area contributed by atoms with Gasteiger partial charge in [-0.25, -0.2) is 4.57 Å². The monoisotopic (exact) mass is 520 g/mol. The van der Waals surface area contributed by atoms with E-state index in [0.29, 0.717) is 12.0 Å². The van der Waals surface area contributed by atoms with Crippen LogP contribution in [0.3, 0.4) is 0 Å². The Morgan fingerprint density at radius 2 is 1.89 bits per heavy atom. The maximum absolute atomic E-state index is 12.9. The molecule has 0 aromatic heterocycles. The molecule has 206 valence electrons. The fourth-order valence-electron chi connectivity index (χ4n) is 9.26. The summed E-state index contributed by atoms with van der Waals surface area (Å²) in [5.74, 6) is 5.04. The predicted octanol–water partition coefficient (Wildman–Crippen LogP) is 9.72. The zero-order chi connectivity index (χ0) is 26.1. The summed E-state index contributed by atoms with van der Waals surface area (Å²) in [5, 5.41) is 0. The van der Waals surface area contributed by atoms with Crippen LogP contribution in [-0.2, 0) is 18.1 Å². The second-order valence-electron chi connectivity index (χ2n) is 13.4. The topological polar surface area (TPSA) is 44.8 Å². The Bertz CT molecular complexity index is 852. The molecule has 0 amide bonds. The standard InChI is InChI=1S/C31H53O4P/c1-8-33-36(32,34-9-2)35-25-17-19-30(6)24(21-25)13-14-26-28-16-15-27(23(5)12-10-11-22(3)4)31(28,7)20-18-29(26)30/h8,13,22-23,25-29H,1,9-12,14-21H2,2-7H3/t23-,25?,26+,27-,28+,29+,30+,31-,36?/m1/s1. The van der Waals surface area contributed by atoms with Crippen LogP contribution in [-0.4, -0.2) is 12.7 Å². The Hall–Kier alpha value is -0.570. The van der Waals surface area contributed by atoms with Crippen LogP contribution >= 0.6 is 7.82 Å². The van der Waals surface area contributed by atoms with Gasteiger partial charge in [-0.1, -0.05) is 72.1 Å². The van der Waals surface area contributed by atoms with E-state index >= 15 is 0 Å². The second kappa shape index (κ2) is 11.3. The van der Waals surface area contributed by atoms with Crippen LogP contribution in [0.4, 0.5) is 0 Å². The minimum absolute atomic E-state index is 0.116. The molecule has 0 saturated heterocycles. The first-order valence-electron chi connectivity index (χ1n) is 15.0. The third-order valence-corrected chi connectivity index (χ3v) is 12.6. The summed E-state index contributed by atoms with van der Waals surface area (Å²) in [5.41, 5.74) is 2.30. The molecule has 5 heteroatoms. The van der Waals surface area contributed by atoms with E-state index in [-0.39, 0.29) is 11.5 Å². The summed E-state index contributed by atoms with van der Waals surface area (Å²) in [4.78, 5) is 0. The lowest BCUT2D eigenvalue weighted by Crippen LogP contribution is -2.51. The van der Waals surface area contributed by atoms with Crippen LogP contribution in [0.2, 0.25) is 0 Å². The maximum atomic E-state index is 12.9. The lowest BCUT2D eigenvalue weighted by Gasteiger charge is -2.58. The van der Waals surface area contributed by atoms with Crippen LogP contribution in [0.25, 0.3) is 0 Å². The molecule has 0 aromatic rings. The molecular formula is C31H53O4P. The van der Waals surface area contributed by atoms with Crippen molar-refractivity contribution in [1.29, 1.82) is 0 Å². The van der Waals surface area contributed by atoms with Crippen LogP contribution in [0.1, 0.15) is 112 Å². The molecule has 3 saturated carbocycles. The van der Waals surface area contributed by atoms with Crippen molar-refractivity contribution in [3.05, 3.63) is 24.5 Å². The quantitative estimate of drug-likeness (QED) is 0.154. The highest BCUT2D eigenvalue weighted by Gasteiger charge is 2.59. The van der Waals surface area contributed by atoms with Crippen LogP contribution in [0.5, 0.6) is 0 Å². The molecule has 0 heterocycles. The summed E-state index contributed by atoms with van der Waals surface area (Å²) in [6.07, 6.45) is 17.5. The van der Waals surface area contributed by atoms with Gasteiger partial charge < -0.3 is 4.52 Å². The van der Waals surface area contributed by atoms with E-state index in [0.717, 1.165) is 54.8 Å². The van der Waals surface area contributed by atoms with E-state index in [1.54, 1.807) is 6.92 Å². The van der Waals surface area contributed by atoms with Gasteiger partial charge in [-0.3, -0.25) is 9.05 Å². The van der Waals surface area contributed by atoms with Crippen molar-refractivity contribution >= 4 is 7.82 Å². The normalized spacial score (nSPS) is 40.4. The largest absolute Gasteiger partial charge is 0.529 e. The average Bonchev–Trinajstić information content (AvgIpc) is 3.16. The molecule has 3 fully saturated rings. The summed E-state index contributed by atoms with van der Waals surface area (Å²) < 4.78 is 29.5. The molecule has 0 spiro atoms. The van der Waals surface area contributed by atoms with Gasteiger partial charge in [0.05, 0.1) is 19.0 Å².